The molecule has 1 unspecified atom stereocenters. The van der Waals surface area contributed by atoms with Crippen molar-refractivity contribution in [2.45, 2.75) is 25.9 Å². The number of thiocarbonyl (C=S) groups is 1. The molecule has 0 bridgehead atoms. The number of pyridine rings is 1. The van der Waals surface area contributed by atoms with Crippen LogP contribution in [0.5, 0.6) is 0 Å². The van der Waals surface area contributed by atoms with Crippen molar-refractivity contribution in [1.82, 2.24) is 15.2 Å². The van der Waals surface area contributed by atoms with Crippen LogP contribution in [-0.2, 0) is 16.1 Å². The van der Waals surface area contributed by atoms with E-state index in [2.05, 4.69) is 10.3 Å². The average molecular weight is 292 g/mol. The highest BCUT2D eigenvalue weighted by Crippen LogP contribution is 2.15. The van der Waals surface area contributed by atoms with Crippen LogP contribution in [0.25, 0.3) is 0 Å². The number of rotatable bonds is 4. The molecule has 6 nitrogen and oxygen atoms in total. The highest BCUT2D eigenvalue weighted by molar-refractivity contribution is 7.80. The maximum Gasteiger partial charge on any atom is 0.243 e. The van der Waals surface area contributed by atoms with Gasteiger partial charge in [0.05, 0.1) is 12.6 Å². The second kappa shape index (κ2) is 6.06. The largest absolute Gasteiger partial charge is 0.388 e. The van der Waals surface area contributed by atoms with E-state index in [1.807, 2.05) is 17.9 Å². The number of carbonyl (C=O) groups excluding carboxylic acids is 2. The van der Waals surface area contributed by atoms with Crippen molar-refractivity contribution in [3.63, 3.8) is 0 Å². The summed E-state index contributed by atoms with van der Waals surface area (Å²) in [5.41, 5.74) is 7.00. The fourth-order valence-corrected chi connectivity index (χ4v) is 2.52. The van der Waals surface area contributed by atoms with Gasteiger partial charge in [0.15, 0.2) is 0 Å². The molecule has 1 aromatic rings. The lowest BCUT2D eigenvalue weighted by Crippen LogP contribution is -2.57. The Hall–Kier alpha value is -1.86. The Morgan fingerprint density at radius 1 is 1.60 bits per heavy atom. The standard InChI is InChI=1S/C13H16N4O2S/c1-2-9-13(19)16-10(18)7-17(9)6-8-4-3-5-15-11(8)12(14)20/h3-5,9H,2,6-7H2,1H3,(H2,14,20)(H,16,18,19). The summed E-state index contributed by atoms with van der Waals surface area (Å²) in [5, 5.41) is 2.35. The van der Waals surface area contributed by atoms with Crippen molar-refractivity contribution < 1.29 is 9.59 Å². The van der Waals surface area contributed by atoms with Crippen LogP contribution in [0.3, 0.4) is 0 Å². The Kier molecular flexibility index (Phi) is 4.41. The van der Waals surface area contributed by atoms with Crippen LogP contribution in [0, 0.1) is 0 Å². The zero-order valence-corrected chi connectivity index (χ0v) is 11.9. The van der Waals surface area contributed by atoms with Gasteiger partial charge in [0.2, 0.25) is 11.8 Å². The first-order valence-corrected chi connectivity index (χ1v) is 6.75. The number of nitrogens with one attached hydrogen (secondary N) is 1. The summed E-state index contributed by atoms with van der Waals surface area (Å²) in [5.74, 6) is -0.551. The van der Waals surface area contributed by atoms with E-state index in [1.54, 1.807) is 12.3 Å². The predicted molar refractivity (Wildman–Crippen MR) is 77.8 cm³/mol. The van der Waals surface area contributed by atoms with Gasteiger partial charge in [-0.05, 0) is 18.1 Å². The van der Waals surface area contributed by atoms with E-state index < -0.39 is 0 Å². The molecule has 2 rings (SSSR count). The number of hydrogen-bond acceptors (Lipinski definition) is 5. The Balaban J connectivity index is 2.25. The molecule has 7 heteroatoms. The third-order valence-electron chi connectivity index (χ3n) is 3.24. The fourth-order valence-electron chi connectivity index (χ4n) is 2.34. The molecule has 1 aliphatic heterocycles. The molecule has 1 fully saturated rings. The monoisotopic (exact) mass is 292 g/mol. The molecular weight excluding hydrogens is 276 g/mol. The minimum atomic E-state index is -0.327. The highest BCUT2D eigenvalue weighted by Gasteiger charge is 2.32. The molecule has 0 aliphatic carbocycles. The van der Waals surface area contributed by atoms with E-state index in [4.69, 9.17) is 18.0 Å². The van der Waals surface area contributed by atoms with Gasteiger partial charge in [-0.15, -0.1) is 0 Å². The van der Waals surface area contributed by atoms with Gasteiger partial charge in [0.25, 0.3) is 0 Å². The third kappa shape index (κ3) is 3.00. The van der Waals surface area contributed by atoms with Gasteiger partial charge in [0.1, 0.15) is 10.7 Å². The Morgan fingerprint density at radius 3 is 3.00 bits per heavy atom. The lowest BCUT2D eigenvalue weighted by atomic mass is 10.1. The molecule has 0 aromatic carbocycles. The molecule has 1 aromatic heterocycles. The molecule has 2 heterocycles. The van der Waals surface area contributed by atoms with Crippen LogP contribution in [0.4, 0.5) is 0 Å². The molecule has 0 radical (unpaired) electrons. The van der Waals surface area contributed by atoms with Gasteiger partial charge in [-0.1, -0.05) is 25.2 Å². The number of nitrogens with zero attached hydrogens (tertiary/aromatic N) is 2. The summed E-state index contributed by atoms with van der Waals surface area (Å²) in [6.45, 7) is 2.50. The molecular formula is C13H16N4O2S. The van der Waals surface area contributed by atoms with Crippen molar-refractivity contribution in [2.24, 2.45) is 5.73 Å². The van der Waals surface area contributed by atoms with Gasteiger partial charge in [-0.25, -0.2) is 0 Å². The van der Waals surface area contributed by atoms with E-state index >= 15 is 0 Å². The Morgan fingerprint density at radius 2 is 2.35 bits per heavy atom. The van der Waals surface area contributed by atoms with Crippen LogP contribution >= 0.6 is 12.2 Å². The second-order valence-electron chi connectivity index (χ2n) is 4.62. The normalized spacial score (nSPS) is 19.8. The van der Waals surface area contributed by atoms with Crippen molar-refractivity contribution in [3.05, 3.63) is 29.6 Å². The van der Waals surface area contributed by atoms with Crippen molar-refractivity contribution in [1.29, 1.82) is 0 Å². The summed E-state index contributed by atoms with van der Waals surface area (Å²) in [6, 6.07) is 3.31. The van der Waals surface area contributed by atoms with Crippen molar-refractivity contribution >= 4 is 29.0 Å². The van der Waals surface area contributed by atoms with Gasteiger partial charge >= 0.3 is 0 Å². The van der Waals surface area contributed by atoms with Crippen LogP contribution < -0.4 is 11.1 Å². The number of amides is 2. The topological polar surface area (TPSA) is 88.3 Å². The first-order valence-electron chi connectivity index (χ1n) is 6.34. The number of hydrogen-bond donors (Lipinski definition) is 2. The number of piperazine rings is 1. The maximum atomic E-state index is 11.8. The van der Waals surface area contributed by atoms with Crippen LogP contribution in [0.15, 0.2) is 18.3 Å². The van der Waals surface area contributed by atoms with Gasteiger partial charge in [0, 0.05) is 12.7 Å². The van der Waals surface area contributed by atoms with E-state index in [0.29, 0.717) is 18.7 Å². The number of nitrogens with two attached hydrogens (primary N) is 1. The first kappa shape index (κ1) is 14.5. The summed E-state index contributed by atoms with van der Waals surface area (Å²) >= 11 is 4.97. The number of carbonyl (C=O) groups is 2. The number of imide groups is 1. The Labute approximate surface area is 122 Å². The van der Waals surface area contributed by atoms with Gasteiger partial charge in [-0.2, -0.15) is 0 Å². The molecule has 1 aliphatic rings. The van der Waals surface area contributed by atoms with Gasteiger partial charge < -0.3 is 5.73 Å². The molecule has 0 saturated carbocycles. The molecule has 0 spiro atoms. The van der Waals surface area contributed by atoms with E-state index in [1.165, 1.54) is 0 Å². The zero-order chi connectivity index (χ0) is 14.7. The molecule has 1 saturated heterocycles. The van der Waals surface area contributed by atoms with Gasteiger partial charge in [-0.3, -0.25) is 24.8 Å². The minimum absolute atomic E-state index is 0.177. The third-order valence-corrected chi connectivity index (χ3v) is 3.43. The van der Waals surface area contributed by atoms with Crippen molar-refractivity contribution in [2.75, 3.05) is 6.54 Å². The summed E-state index contributed by atoms with van der Waals surface area (Å²) < 4.78 is 0. The summed E-state index contributed by atoms with van der Waals surface area (Å²) in [6.07, 6.45) is 2.24. The second-order valence-corrected chi connectivity index (χ2v) is 5.06. The quantitative estimate of drug-likeness (QED) is 0.598. The predicted octanol–water partition coefficient (Wildman–Crippen LogP) is -0.0472. The maximum absolute atomic E-state index is 11.8. The lowest BCUT2D eigenvalue weighted by Gasteiger charge is -2.33. The molecule has 3 N–H and O–H groups in total. The van der Waals surface area contributed by atoms with E-state index in [9.17, 15) is 9.59 Å². The molecule has 1 atom stereocenters. The molecule has 2 amide bonds. The average Bonchev–Trinajstić information content (AvgIpc) is 2.38. The van der Waals surface area contributed by atoms with Crippen LogP contribution in [-0.4, -0.2) is 39.3 Å². The zero-order valence-electron chi connectivity index (χ0n) is 11.1. The Bertz CT molecular complexity index is 561. The smallest absolute Gasteiger partial charge is 0.243 e. The summed E-state index contributed by atoms with van der Waals surface area (Å²) in [4.78, 5) is 29.5. The van der Waals surface area contributed by atoms with Crippen molar-refractivity contribution in [3.8, 4) is 0 Å². The molecule has 106 valence electrons. The minimum Gasteiger partial charge on any atom is -0.388 e. The first-order chi connectivity index (χ1) is 9.52. The van der Waals surface area contributed by atoms with E-state index in [-0.39, 0.29) is 29.4 Å². The van der Waals surface area contributed by atoms with Crippen LogP contribution in [0.2, 0.25) is 0 Å². The van der Waals surface area contributed by atoms with E-state index in [0.717, 1.165) is 5.56 Å². The SMILES string of the molecule is CCC1C(=O)NC(=O)CN1Cc1cccnc1C(N)=S. The fraction of sp³-hybridized carbons (Fsp3) is 0.385. The summed E-state index contributed by atoms with van der Waals surface area (Å²) in [7, 11) is 0. The van der Waals surface area contributed by atoms with Crippen LogP contribution in [0.1, 0.15) is 24.6 Å². The lowest BCUT2D eigenvalue weighted by molar-refractivity contribution is -0.140. The highest BCUT2D eigenvalue weighted by atomic mass is 32.1. The molecule has 20 heavy (non-hydrogen) atoms. The number of aromatic nitrogens is 1.